The zero-order chi connectivity index (χ0) is 10.9. The average molecular weight is 214 g/mol. The first kappa shape index (κ1) is 11.7. The predicted octanol–water partition coefficient (Wildman–Crippen LogP) is 1.13. The summed E-state index contributed by atoms with van der Waals surface area (Å²) in [5.74, 6) is 0.581. The molecule has 1 aromatic rings. The lowest BCUT2D eigenvalue weighted by atomic mass is 10.5. The molecule has 0 saturated carbocycles. The second-order valence-electron chi connectivity index (χ2n) is 2.73. The van der Waals surface area contributed by atoms with Crippen molar-refractivity contribution in [2.45, 2.75) is 0 Å². The maximum absolute atomic E-state index is 10.3. The van der Waals surface area contributed by atoms with E-state index in [9.17, 15) is 4.79 Å². The number of hydrogen-bond donors (Lipinski definition) is 0. The SMILES string of the molecule is COCCOCCOc1ccc(C=O)o1. The van der Waals surface area contributed by atoms with Crippen molar-refractivity contribution in [3.05, 3.63) is 17.9 Å². The number of hydrogen-bond acceptors (Lipinski definition) is 5. The van der Waals surface area contributed by atoms with Crippen LogP contribution in [0.4, 0.5) is 0 Å². The molecule has 0 amide bonds. The minimum Gasteiger partial charge on any atom is -0.463 e. The summed E-state index contributed by atoms with van der Waals surface area (Å²) in [5.41, 5.74) is 0. The van der Waals surface area contributed by atoms with Crippen LogP contribution in [0.25, 0.3) is 0 Å². The van der Waals surface area contributed by atoms with E-state index in [-0.39, 0.29) is 5.76 Å². The molecule has 15 heavy (non-hydrogen) atoms. The third kappa shape index (κ3) is 4.62. The number of ether oxygens (including phenoxy) is 3. The van der Waals surface area contributed by atoms with Crippen molar-refractivity contribution in [1.29, 1.82) is 0 Å². The van der Waals surface area contributed by atoms with Gasteiger partial charge in [0.15, 0.2) is 12.0 Å². The number of methoxy groups -OCH3 is 1. The van der Waals surface area contributed by atoms with E-state index in [4.69, 9.17) is 18.6 Å². The second kappa shape index (κ2) is 7.03. The molecule has 0 bridgehead atoms. The van der Waals surface area contributed by atoms with Crippen molar-refractivity contribution < 1.29 is 23.4 Å². The van der Waals surface area contributed by atoms with Crippen molar-refractivity contribution in [3.8, 4) is 5.95 Å². The highest BCUT2D eigenvalue weighted by Crippen LogP contribution is 2.13. The minimum atomic E-state index is 0.255. The van der Waals surface area contributed by atoms with E-state index in [2.05, 4.69) is 0 Å². The molecule has 5 heteroatoms. The van der Waals surface area contributed by atoms with E-state index in [0.717, 1.165) is 0 Å². The highest BCUT2D eigenvalue weighted by atomic mass is 16.6. The van der Waals surface area contributed by atoms with Crippen LogP contribution in [0.5, 0.6) is 5.95 Å². The zero-order valence-electron chi connectivity index (χ0n) is 8.60. The molecule has 0 aliphatic rings. The van der Waals surface area contributed by atoms with Crippen molar-refractivity contribution in [2.75, 3.05) is 33.5 Å². The van der Waals surface area contributed by atoms with Gasteiger partial charge in [-0.2, -0.15) is 0 Å². The third-order valence-electron chi connectivity index (χ3n) is 1.62. The van der Waals surface area contributed by atoms with Crippen molar-refractivity contribution in [1.82, 2.24) is 0 Å². The van der Waals surface area contributed by atoms with Gasteiger partial charge in [0.1, 0.15) is 6.61 Å². The van der Waals surface area contributed by atoms with E-state index in [1.54, 1.807) is 19.2 Å². The summed E-state index contributed by atoms with van der Waals surface area (Å²) in [5, 5.41) is 0. The van der Waals surface area contributed by atoms with Gasteiger partial charge in [0, 0.05) is 13.2 Å². The Morgan fingerprint density at radius 3 is 2.73 bits per heavy atom. The first-order valence-corrected chi connectivity index (χ1v) is 4.61. The van der Waals surface area contributed by atoms with Gasteiger partial charge in [-0.3, -0.25) is 4.79 Å². The van der Waals surface area contributed by atoms with Gasteiger partial charge in [-0.1, -0.05) is 0 Å². The molecule has 0 N–H and O–H groups in total. The lowest BCUT2D eigenvalue weighted by Crippen LogP contribution is -2.09. The molecule has 1 rings (SSSR count). The van der Waals surface area contributed by atoms with E-state index in [1.807, 2.05) is 0 Å². The molecule has 5 nitrogen and oxygen atoms in total. The first-order chi connectivity index (χ1) is 7.36. The van der Waals surface area contributed by atoms with Crippen LogP contribution < -0.4 is 4.74 Å². The fraction of sp³-hybridized carbons (Fsp3) is 0.500. The number of carbonyl (C=O) groups is 1. The van der Waals surface area contributed by atoms with Crippen LogP contribution in [-0.4, -0.2) is 39.8 Å². The van der Waals surface area contributed by atoms with Crippen LogP contribution in [0.1, 0.15) is 10.6 Å². The summed E-state index contributed by atoms with van der Waals surface area (Å²) < 4.78 is 20.1. The van der Waals surface area contributed by atoms with Crippen LogP contribution >= 0.6 is 0 Å². The number of aldehydes is 1. The zero-order valence-corrected chi connectivity index (χ0v) is 8.60. The van der Waals surface area contributed by atoms with Crippen LogP contribution in [-0.2, 0) is 9.47 Å². The molecule has 0 aliphatic carbocycles. The van der Waals surface area contributed by atoms with Crippen LogP contribution in [0.15, 0.2) is 16.5 Å². The Balaban J connectivity index is 2.07. The predicted molar refractivity (Wildman–Crippen MR) is 52.3 cm³/mol. The number of rotatable bonds is 8. The summed E-state index contributed by atoms with van der Waals surface area (Å²) in [6.45, 7) is 1.95. The topological polar surface area (TPSA) is 57.9 Å². The fourth-order valence-electron chi connectivity index (χ4n) is 0.921. The van der Waals surface area contributed by atoms with Gasteiger partial charge in [0.05, 0.1) is 19.8 Å². The fourth-order valence-corrected chi connectivity index (χ4v) is 0.921. The Kier molecular flexibility index (Phi) is 5.50. The maximum atomic E-state index is 10.3. The van der Waals surface area contributed by atoms with Gasteiger partial charge in [-0.05, 0) is 6.07 Å². The smallest absolute Gasteiger partial charge is 0.284 e. The van der Waals surface area contributed by atoms with Crippen molar-refractivity contribution in [2.24, 2.45) is 0 Å². The van der Waals surface area contributed by atoms with Crippen molar-refractivity contribution >= 4 is 6.29 Å². The van der Waals surface area contributed by atoms with Gasteiger partial charge < -0.3 is 18.6 Å². The molecule has 0 aromatic carbocycles. The summed E-state index contributed by atoms with van der Waals surface area (Å²) >= 11 is 0. The monoisotopic (exact) mass is 214 g/mol. The van der Waals surface area contributed by atoms with E-state index in [0.29, 0.717) is 38.7 Å². The van der Waals surface area contributed by atoms with Crippen LogP contribution in [0, 0.1) is 0 Å². The lowest BCUT2D eigenvalue weighted by Gasteiger charge is -2.03. The summed E-state index contributed by atoms with van der Waals surface area (Å²) in [6, 6.07) is 3.15. The Hall–Kier alpha value is -1.33. The number of carbonyl (C=O) groups excluding carboxylic acids is 1. The van der Waals surface area contributed by atoms with Gasteiger partial charge in [0.2, 0.25) is 0 Å². The molecule has 0 saturated heterocycles. The quantitative estimate of drug-likeness (QED) is 0.479. The van der Waals surface area contributed by atoms with Gasteiger partial charge in [0.25, 0.3) is 5.95 Å². The molecule has 1 heterocycles. The van der Waals surface area contributed by atoms with Crippen molar-refractivity contribution in [3.63, 3.8) is 0 Å². The van der Waals surface area contributed by atoms with E-state index < -0.39 is 0 Å². The van der Waals surface area contributed by atoms with Crippen LogP contribution in [0.3, 0.4) is 0 Å². The number of furan rings is 1. The van der Waals surface area contributed by atoms with E-state index >= 15 is 0 Å². The molecule has 0 fully saturated rings. The Morgan fingerprint density at radius 1 is 1.27 bits per heavy atom. The highest BCUT2D eigenvalue weighted by molar-refractivity contribution is 5.70. The van der Waals surface area contributed by atoms with Crippen LogP contribution in [0.2, 0.25) is 0 Å². The molecule has 0 unspecified atom stereocenters. The normalized spacial score (nSPS) is 10.2. The van der Waals surface area contributed by atoms with E-state index in [1.165, 1.54) is 0 Å². The molecule has 84 valence electrons. The summed E-state index contributed by atoms with van der Waals surface area (Å²) in [4.78, 5) is 10.3. The van der Waals surface area contributed by atoms with Gasteiger partial charge in [-0.15, -0.1) is 0 Å². The first-order valence-electron chi connectivity index (χ1n) is 4.61. The van der Waals surface area contributed by atoms with Gasteiger partial charge in [-0.25, -0.2) is 0 Å². The Labute approximate surface area is 87.9 Å². The molecule has 0 radical (unpaired) electrons. The maximum Gasteiger partial charge on any atom is 0.284 e. The summed E-state index contributed by atoms with van der Waals surface area (Å²) in [6.07, 6.45) is 0.627. The molecule has 0 spiro atoms. The molecular weight excluding hydrogens is 200 g/mol. The van der Waals surface area contributed by atoms with Gasteiger partial charge >= 0.3 is 0 Å². The lowest BCUT2D eigenvalue weighted by molar-refractivity contribution is 0.0499. The molecular formula is C10H14O5. The molecule has 1 aromatic heterocycles. The third-order valence-corrected chi connectivity index (χ3v) is 1.62. The molecule has 0 atom stereocenters. The Morgan fingerprint density at radius 2 is 2.07 bits per heavy atom. The highest BCUT2D eigenvalue weighted by Gasteiger charge is 2.00. The summed E-state index contributed by atoms with van der Waals surface area (Å²) in [7, 11) is 1.61. The largest absolute Gasteiger partial charge is 0.463 e. The molecule has 0 aliphatic heterocycles. The average Bonchev–Trinajstić information content (AvgIpc) is 2.71. The standard InChI is InChI=1S/C10H14O5/c1-12-4-5-13-6-7-14-10-3-2-9(8-11)15-10/h2-3,8H,4-7H2,1H3. The Bertz CT molecular complexity index is 281. The minimum absolute atomic E-state index is 0.255. The second-order valence-corrected chi connectivity index (χ2v) is 2.73.